The molecule has 0 radical (unpaired) electrons. The van der Waals surface area contributed by atoms with Crippen LogP contribution in [0, 0.1) is 10.1 Å². The van der Waals surface area contributed by atoms with Crippen molar-refractivity contribution in [1.29, 1.82) is 0 Å². The van der Waals surface area contributed by atoms with Crippen LogP contribution in [0.15, 0.2) is 17.0 Å². The molecule has 10 heteroatoms. The Labute approximate surface area is 99.8 Å². The van der Waals surface area contributed by atoms with Crippen LogP contribution >= 0.6 is 11.6 Å². The van der Waals surface area contributed by atoms with E-state index < -0.39 is 42.1 Å². The minimum atomic E-state index is -4.26. The van der Waals surface area contributed by atoms with Crippen LogP contribution in [0.5, 0.6) is 0 Å². The topological polar surface area (TPSA) is 141 Å². The van der Waals surface area contributed by atoms with E-state index in [9.17, 15) is 23.3 Å². The molecule has 0 spiro atoms. The summed E-state index contributed by atoms with van der Waals surface area (Å²) in [6.07, 6.45) is 0. The van der Waals surface area contributed by atoms with Gasteiger partial charge < -0.3 is 5.11 Å². The number of sulfonamides is 1. The summed E-state index contributed by atoms with van der Waals surface area (Å²) < 4.78 is 22.1. The van der Waals surface area contributed by atoms with Crippen molar-refractivity contribution >= 4 is 33.3 Å². The normalized spacial score (nSPS) is 11.2. The number of nitrogens with zero attached hydrogens (tertiary/aromatic N) is 1. The zero-order valence-corrected chi connectivity index (χ0v) is 9.53. The fraction of sp³-hybridized carbons (Fsp3) is 0. The maximum Gasteiger partial charge on any atom is 0.342 e. The molecule has 0 amide bonds. The first-order valence-corrected chi connectivity index (χ1v) is 5.81. The molecule has 1 rings (SSSR count). The molecule has 1 aromatic rings. The van der Waals surface area contributed by atoms with Gasteiger partial charge in [-0.05, 0) is 12.1 Å². The smallest absolute Gasteiger partial charge is 0.342 e. The first-order chi connectivity index (χ1) is 7.66. The van der Waals surface area contributed by atoms with Crippen molar-refractivity contribution in [3.63, 3.8) is 0 Å². The molecule has 0 aliphatic heterocycles. The number of carboxylic acids is 1. The summed E-state index contributed by atoms with van der Waals surface area (Å²) in [4.78, 5) is 19.6. The lowest BCUT2D eigenvalue weighted by molar-refractivity contribution is -0.385. The number of halogens is 1. The number of benzene rings is 1. The molecule has 0 saturated carbocycles. The van der Waals surface area contributed by atoms with Gasteiger partial charge in [0.25, 0.3) is 0 Å². The van der Waals surface area contributed by atoms with Crippen molar-refractivity contribution in [2.24, 2.45) is 5.14 Å². The van der Waals surface area contributed by atoms with Gasteiger partial charge in [0.1, 0.15) is 15.5 Å². The van der Waals surface area contributed by atoms with E-state index in [1.54, 1.807) is 0 Å². The summed E-state index contributed by atoms with van der Waals surface area (Å²) in [5.74, 6) is -1.60. The fourth-order valence-electron chi connectivity index (χ4n) is 1.12. The number of carbonyl (C=O) groups is 1. The van der Waals surface area contributed by atoms with Crippen LogP contribution in [-0.2, 0) is 10.0 Å². The third-order valence-electron chi connectivity index (χ3n) is 1.80. The minimum absolute atomic E-state index is 0.698. The highest BCUT2D eigenvalue weighted by molar-refractivity contribution is 7.89. The SMILES string of the molecule is NS(=O)(=O)c1ccc(C(=O)O)c([N+](=O)[O-])c1Cl. The zero-order chi connectivity index (χ0) is 13.4. The number of hydrogen-bond acceptors (Lipinski definition) is 5. The monoisotopic (exact) mass is 280 g/mol. The highest BCUT2D eigenvalue weighted by Gasteiger charge is 2.29. The van der Waals surface area contributed by atoms with E-state index in [-0.39, 0.29) is 0 Å². The summed E-state index contributed by atoms with van der Waals surface area (Å²) in [6.45, 7) is 0. The summed E-state index contributed by atoms with van der Waals surface area (Å²) >= 11 is 5.47. The van der Waals surface area contributed by atoms with Crippen molar-refractivity contribution in [2.45, 2.75) is 4.90 Å². The molecular formula is C7H5ClN2O6S. The van der Waals surface area contributed by atoms with Gasteiger partial charge in [-0.25, -0.2) is 18.4 Å². The fourth-order valence-corrected chi connectivity index (χ4v) is 2.28. The van der Waals surface area contributed by atoms with Crippen molar-refractivity contribution in [2.75, 3.05) is 0 Å². The molecule has 0 aliphatic carbocycles. The number of hydrogen-bond donors (Lipinski definition) is 2. The molecule has 92 valence electrons. The van der Waals surface area contributed by atoms with Crippen LogP contribution in [0.1, 0.15) is 10.4 Å². The summed E-state index contributed by atoms with van der Waals surface area (Å²) in [5, 5.41) is 23.3. The second kappa shape index (κ2) is 4.28. The highest BCUT2D eigenvalue weighted by atomic mass is 35.5. The lowest BCUT2D eigenvalue weighted by Gasteiger charge is -2.04. The van der Waals surface area contributed by atoms with Gasteiger partial charge in [-0.2, -0.15) is 0 Å². The molecule has 0 aromatic heterocycles. The summed E-state index contributed by atoms with van der Waals surface area (Å²) in [7, 11) is -4.26. The number of rotatable bonds is 3. The zero-order valence-electron chi connectivity index (χ0n) is 7.95. The van der Waals surface area contributed by atoms with Crippen LogP contribution in [0.4, 0.5) is 5.69 Å². The Morgan fingerprint density at radius 1 is 1.47 bits per heavy atom. The third-order valence-corrected chi connectivity index (χ3v) is 3.25. The standard InChI is InChI=1S/C7H5ClN2O6S/c8-5-4(17(9,15)16)2-1-3(7(11)12)6(5)10(13)14/h1-2H,(H,11,12)(H2,9,15,16). The van der Waals surface area contributed by atoms with E-state index in [2.05, 4.69) is 0 Å². The van der Waals surface area contributed by atoms with Crippen LogP contribution in [0.25, 0.3) is 0 Å². The Balaban J connectivity index is 3.73. The van der Waals surface area contributed by atoms with Crippen molar-refractivity contribution in [3.8, 4) is 0 Å². The van der Waals surface area contributed by atoms with E-state index in [4.69, 9.17) is 21.8 Å². The number of nitro groups is 1. The second-order valence-electron chi connectivity index (χ2n) is 2.88. The predicted octanol–water partition coefficient (Wildman–Crippen LogP) is 0.594. The second-order valence-corrected chi connectivity index (χ2v) is 4.79. The average Bonchev–Trinajstić information content (AvgIpc) is 2.13. The molecule has 0 atom stereocenters. The number of nitrogens with two attached hydrogens (primary N) is 1. The molecule has 0 aliphatic rings. The van der Waals surface area contributed by atoms with Gasteiger partial charge in [0.2, 0.25) is 10.0 Å². The maximum atomic E-state index is 11.0. The molecule has 17 heavy (non-hydrogen) atoms. The number of nitro benzene ring substituents is 1. The molecule has 0 saturated heterocycles. The molecule has 0 unspecified atom stereocenters. The molecular weight excluding hydrogens is 276 g/mol. The molecule has 0 bridgehead atoms. The van der Waals surface area contributed by atoms with E-state index in [0.29, 0.717) is 0 Å². The Kier molecular flexibility index (Phi) is 3.36. The van der Waals surface area contributed by atoms with Crippen molar-refractivity contribution in [3.05, 3.63) is 32.8 Å². The van der Waals surface area contributed by atoms with Gasteiger partial charge in [-0.1, -0.05) is 11.6 Å². The van der Waals surface area contributed by atoms with Crippen LogP contribution < -0.4 is 5.14 Å². The van der Waals surface area contributed by atoms with E-state index in [1.807, 2.05) is 0 Å². The predicted molar refractivity (Wildman–Crippen MR) is 56.4 cm³/mol. The van der Waals surface area contributed by atoms with Gasteiger partial charge in [-0.15, -0.1) is 0 Å². The van der Waals surface area contributed by atoms with E-state index in [1.165, 1.54) is 0 Å². The maximum absolute atomic E-state index is 11.0. The van der Waals surface area contributed by atoms with Crippen molar-refractivity contribution < 1.29 is 23.2 Å². The number of aromatic carboxylic acids is 1. The van der Waals surface area contributed by atoms with Gasteiger partial charge in [0, 0.05) is 0 Å². The van der Waals surface area contributed by atoms with Crippen LogP contribution in [0.2, 0.25) is 5.02 Å². The van der Waals surface area contributed by atoms with E-state index >= 15 is 0 Å². The Morgan fingerprint density at radius 3 is 2.35 bits per heavy atom. The molecule has 0 heterocycles. The lowest BCUT2D eigenvalue weighted by atomic mass is 10.2. The Morgan fingerprint density at radius 2 is 2.00 bits per heavy atom. The van der Waals surface area contributed by atoms with Gasteiger partial charge in [0.05, 0.1) is 4.92 Å². The largest absolute Gasteiger partial charge is 0.477 e. The lowest BCUT2D eigenvalue weighted by Crippen LogP contribution is -2.14. The Bertz CT molecular complexity index is 611. The Hall–Kier alpha value is -1.71. The van der Waals surface area contributed by atoms with E-state index in [0.717, 1.165) is 12.1 Å². The molecule has 8 nitrogen and oxygen atoms in total. The van der Waals surface area contributed by atoms with Crippen molar-refractivity contribution in [1.82, 2.24) is 0 Å². The van der Waals surface area contributed by atoms with Gasteiger partial charge in [0.15, 0.2) is 0 Å². The highest BCUT2D eigenvalue weighted by Crippen LogP contribution is 2.33. The number of primary sulfonamides is 1. The summed E-state index contributed by atoms with van der Waals surface area (Å²) in [5.41, 5.74) is -1.72. The summed E-state index contributed by atoms with van der Waals surface area (Å²) in [6, 6.07) is 1.56. The molecule has 3 N–H and O–H groups in total. The quantitative estimate of drug-likeness (QED) is 0.613. The van der Waals surface area contributed by atoms with Crippen LogP contribution in [0.3, 0.4) is 0 Å². The first kappa shape index (κ1) is 13.4. The van der Waals surface area contributed by atoms with Gasteiger partial charge >= 0.3 is 11.7 Å². The van der Waals surface area contributed by atoms with Gasteiger partial charge in [-0.3, -0.25) is 10.1 Å². The number of carboxylic acid groups (broad SMARTS) is 1. The molecule has 0 fully saturated rings. The average molecular weight is 281 g/mol. The minimum Gasteiger partial charge on any atom is -0.477 e. The molecule has 1 aromatic carbocycles. The van der Waals surface area contributed by atoms with Crippen LogP contribution in [-0.4, -0.2) is 24.4 Å². The third kappa shape index (κ3) is 2.52. The first-order valence-electron chi connectivity index (χ1n) is 3.89.